The topological polar surface area (TPSA) is 38.8 Å². The number of epoxide rings is 1. The van der Waals surface area contributed by atoms with Gasteiger partial charge in [0.2, 0.25) is 0 Å². The van der Waals surface area contributed by atoms with Gasteiger partial charge in [-0.1, -0.05) is 51.9 Å². The fourth-order valence-electron chi connectivity index (χ4n) is 2.53. The number of carbonyl (C=O) groups is 1. The average molecular weight is 270 g/mol. The van der Waals surface area contributed by atoms with Gasteiger partial charge in [-0.2, -0.15) is 0 Å². The smallest absolute Gasteiger partial charge is 0.305 e. The first-order valence-corrected chi connectivity index (χ1v) is 8.00. The van der Waals surface area contributed by atoms with E-state index in [9.17, 15) is 4.79 Å². The van der Waals surface area contributed by atoms with Gasteiger partial charge in [-0.15, -0.1) is 0 Å². The van der Waals surface area contributed by atoms with E-state index < -0.39 is 0 Å². The molecule has 112 valence electrons. The predicted octanol–water partition coefficient (Wildman–Crippen LogP) is 4.24. The molecule has 1 rings (SSSR count). The van der Waals surface area contributed by atoms with Crippen molar-refractivity contribution < 1.29 is 14.3 Å². The van der Waals surface area contributed by atoms with E-state index in [1.165, 1.54) is 52.1 Å². The number of ether oxygens (including phenoxy) is 2. The van der Waals surface area contributed by atoms with Gasteiger partial charge in [0.05, 0.1) is 19.3 Å². The zero-order chi connectivity index (χ0) is 13.9. The van der Waals surface area contributed by atoms with Gasteiger partial charge in [0.25, 0.3) is 0 Å². The molecule has 0 aliphatic carbocycles. The Balaban J connectivity index is 1.82. The van der Waals surface area contributed by atoms with Crippen molar-refractivity contribution in [1.29, 1.82) is 0 Å². The van der Waals surface area contributed by atoms with Crippen molar-refractivity contribution >= 4 is 5.97 Å². The van der Waals surface area contributed by atoms with Gasteiger partial charge in [0.1, 0.15) is 0 Å². The lowest BCUT2D eigenvalue weighted by molar-refractivity contribution is -0.140. The maximum absolute atomic E-state index is 10.9. The van der Waals surface area contributed by atoms with Crippen LogP contribution in [0.3, 0.4) is 0 Å². The van der Waals surface area contributed by atoms with Gasteiger partial charge in [-0.3, -0.25) is 4.79 Å². The maximum Gasteiger partial charge on any atom is 0.305 e. The van der Waals surface area contributed by atoms with Crippen LogP contribution in [0.1, 0.15) is 77.6 Å². The highest BCUT2D eigenvalue weighted by Gasteiger charge is 2.36. The van der Waals surface area contributed by atoms with Crippen LogP contribution < -0.4 is 0 Å². The lowest BCUT2D eigenvalue weighted by atomic mass is 10.0. The molecule has 2 unspecified atom stereocenters. The molecule has 0 aromatic rings. The normalized spacial score (nSPS) is 21.4. The largest absolute Gasteiger partial charge is 0.469 e. The summed E-state index contributed by atoms with van der Waals surface area (Å²) in [5.74, 6) is -0.0969. The van der Waals surface area contributed by atoms with Gasteiger partial charge in [0.15, 0.2) is 0 Å². The monoisotopic (exact) mass is 270 g/mol. The summed E-state index contributed by atoms with van der Waals surface area (Å²) in [6.45, 7) is 2.25. The van der Waals surface area contributed by atoms with Crippen LogP contribution in [-0.2, 0) is 14.3 Å². The molecule has 2 atom stereocenters. The van der Waals surface area contributed by atoms with E-state index in [0.717, 1.165) is 19.3 Å². The molecule has 1 aliphatic rings. The highest BCUT2D eigenvalue weighted by Crippen LogP contribution is 2.31. The van der Waals surface area contributed by atoms with Crippen molar-refractivity contribution in [2.45, 2.75) is 89.8 Å². The Hall–Kier alpha value is -0.570. The Morgan fingerprint density at radius 2 is 1.53 bits per heavy atom. The van der Waals surface area contributed by atoms with Gasteiger partial charge in [0, 0.05) is 6.42 Å². The Labute approximate surface area is 118 Å². The van der Waals surface area contributed by atoms with Crippen LogP contribution in [0.4, 0.5) is 0 Å². The number of unbranched alkanes of at least 4 members (excludes halogenated alkanes) is 6. The molecule has 0 saturated carbocycles. The van der Waals surface area contributed by atoms with E-state index in [2.05, 4.69) is 11.7 Å². The molecular formula is C16H30O3. The standard InChI is InChI=1S/C16H30O3/c1-3-4-5-6-7-8-11-14-15(19-14)12-9-10-13-16(17)18-2/h14-15H,3-13H2,1-2H3. The summed E-state index contributed by atoms with van der Waals surface area (Å²) < 4.78 is 10.3. The highest BCUT2D eigenvalue weighted by molar-refractivity contribution is 5.68. The van der Waals surface area contributed by atoms with Crippen LogP contribution in [0.15, 0.2) is 0 Å². The minimum absolute atomic E-state index is 0.0969. The molecule has 0 bridgehead atoms. The molecule has 3 nitrogen and oxygen atoms in total. The molecule has 0 spiro atoms. The average Bonchev–Trinajstić information content (AvgIpc) is 3.17. The summed E-state index contributed by atoms with van der Waals surface area (Å²) in [5.41, 5.74) is 0. The molecule has 1 fully saturated rings. The van der Waals surface area contributed by atoms with E-state index in [1.807, 2.05) is 0 Å². The molecule has 3 heteroatoms. The number of rotatable bonds is 12. The van der Waals surface area contributed by atoms with Crippen LogP contribution in [0.2, 0.25) is 0 Å². The molecule has 1 aliphatic heterocycles. The zero-order valence-corrected chi connectivity index (χ0v) is 12.7. The van der Waals surface area contributed by atoms with Gasteiger partial charge >= 0.3 is 5.97 Å². The fourth-order valence-corrected chi connectivity index (χ4v) is 2.53. The molecule has 0 aromatic carbocycles. The van der Waals surface area contributed by atoms with Gasteiger partial charge < -0.3 is 9.47 Å². The third kappa shape index (κ3) is 8.25. The number of esters is 1. The van der Waals surface area contributed by atoms with E-state index in [-0.39, 0.29) is 5.97 Å². The van der Waals surface area contributed by atoms with Crippen LogP contribution in [0.25, 0.3) is 0 Å². The Kier molecular flexibility index (Phi) is 8.89. The van der Waals surface area contributed by atoms with Crippen molar-refractivity contribution in [3.8, 4) is 0 Å². The van der Waals surface area contributed by atoms with Crippen molar-refractivity contribution in [2.75, 3.05) is 7.11 Å². The lowest BCUT2D eigenvalue weighted by Crippen LogP contribution is -2.00. The number of carbonyl (C=O) groups excluding carboxylic acids is 1. The first-order valence-electron chi connectivity index (χ1n) is 8.00. The van der Waals surface area contributed by atoms with Gasteiger partial charge in [-0.05, 0) is 19.3 Å². The molecule has 1 saturated heterocycles. The SMILES string of the molecule is CCCCCCCCC1OC1CCCCC(=O)OC. The summed E-state index contributed by atoms with van der Waals surface area (Å²) in [6, 6.07) is 0. The molecule has 1 heterocycles. The maximum atomic E-state index is 10.9. The fraction of sp³-hybridized carbons (Fsp3) is 0.938. The van der Waals surface area contributed by atoms with Crippen molar-refractivity contribution in [3.63, 3.8) is 0 Å². The summed E-state index contributed by atoms with van der Waals surface area (Å²) >= 11 is 0. The summed E-state index contributed by atoms with van der Waals surface area (Å²) in [4.78, 5) is 10.9. The predicted molar refractivity (Wildman–Crippen MR) is 77.1 cm³/mol. The van der Waals surface area contributed by atoms with Crippen molar-refractivity contribution in [1.82, 2.24) is 0 Å². The lowest BCUT2D eigenvalue weighted by Gasteiger charge is -1.99. The molecule has 0 N–H and O–H groups in total. The molecule has 0 aromatic heterocycles. The third-order valence-corrected chi connectivity index (χ3v) is 3.88. The first-order chi connectivity index (χ1) is 9.27. The highest BCUT2D eigenvalue weighted by atomic mass is 16.6. The minimum atomic E-state index is -0.0969. The zero-order valence-electron chi connectivity index (χ0n) is 12.7. The van der Waals surface area contributed by atoms with Crippen LogP contribution in [0, 0.1) is 0 Å². The summed E-state index contributed by atoms with van der Waals surface area (Å²) in [5, 5.41) is 0. The van der Waals surface area contributed by atoms with E-state index in [1.54, 1.807) is 0 Å². The van der Waals surface area contributed by atoms with E-state index in [4.69, 9.17) is 4.74 Å². The molecule has 19 heavy (non-hydrogen) atoms. The van der Waals surface area contributed by atoms with Crippen LogP contribution in [0.5, 0.6) is 0 Å². The summed E-state index contributed by atoms with van der Waals surface area (Å²) in [6.07, 6.45) is 14.0. The Bertz CT molecular complexity index is 240. The molecule has 0 radical (unpaired) electrons. The first kappa shape index (κ1) is 16.5. The summed E-state index contributed by atoms with van der Waals surface area (Å²) in [7, 11) is 1.45. The number of hydrogen-bond acceptors (Lipinski definition) is 3. The van der Waals surface area contributed by atoms with Crippen LogP contribution in [-0.4, -0.2) is 25.3 Å². The second kappa shape index (κ2) is 10.2. The Morgan fingerprint density at radius 1 is 0.947 bits per heavy atom. The number of hydrogen-bond donors (Lipinski definition) is 0. The molecule has 0 amide bonds. The van der Waals surface area contributed by atoms with Gasteiger partial charge in [-0.25, -0.2) is 0 Å². The van der Waals surface area contributed by atoms with Crippen molar-refractivity contribution in [2.24, 2.45) is 0 Å². The molecular weight excluding hydrogens is 240 g/mol. The Morgan fingerprint density at radius 3 is 2.16 bits per heavy atom. The second-order valence-electron chi connectivity index (χ2n) is 5.59. The third-order valence-electron chi connectivity index (χ3n) is 3.88. The van der Waals surface area contributed by atoms with Crippen LogP contribution >= 0.6 is 0 Å². The minimum Gasteiger partial charge on any atom is -0.469 e. The quantitative estimate of drug-likeness (QED) is 0.302. The van der Waals surface area contributed by atoms with E-state index >= 15 is 0 Å². The number of methoxy groups -OCH3 is 1. The second-order valence-corrected chi connectivity index (χ2v) is 5.59. The van der Waals surface area contributed by atoms with Crippen molar-refractivity contribution in [3.05, 3.63) is 0 Å². The van der Waals surface area contributed by atoms with E-state index in [0.29, 0.717) is 18.6 Å².